The number of carbonyl (C=O) groups excluding carboxylic acids is 1. The molecule has 1 heterocycles. The van der Waals surface area contributed by atoms with Crippen LogP contribution in [0.15, 0.2) is 23.9 Å². The first-order valence-electron chi connectivity index (χ1n) is 4.11. The standard InChI is InChI=1S/C9H14N2O/c1-3-10-9(12)8-5-4-6-11(2)7-8/h4-5,7H,3,6H2,1-2H3,(H,10,12). The fourth-order valence-electron chi connectivity index (χ4n) is 1.08. The molecule has 1 aliphatic heterocycles. The minimum Gasteiger partial charge on any atom is -0.376 e. The zero-order valence-corrected chi connectivity index (χ0v) is 7.50. The monoisotopic (exact) mass is 166 g/mol. The molecule has 0 atom stereocenters. The highest BCUT2D eigenvalue weighted by Gasteiger charge is 2.08. The van der Waals surface area contributed by atoms with Gasteiger partial charge in [-0.15, -0.1) is 0 Å². The largest absolute Gasteiger partial charge is 0.376 e. The van der Waals surface area contributed by atoms with Crippen LogP contribution in [-0.2, 0) is 4.79 Å². The third-order valence-electron chi connectivity index (χ3n) is 1.65. The van der Waals surface area contributed by atoms with Crippen LogP contribution >= 0.6 is 0 Å². The Balaban J connectivity index is 2.61. The van der Waals surface area contributed by atoms with E-state index in [2.05, 4.69) is 5.32 Å². The molecule has 12 heavy (non-hydrogen) atoms. The Kier molecular flexibility index (Phi) is 2.91. The van der Waals surface area contributed by atoms with Crippen LogP contribution in [-0.4, -0.2) is 30.9 Å². The Morgan fingerprint density at radius 1 is 1.75 bits per heavy atom. The van der Waals surface area contributed by atoms with E-state index >= 15 is 0 Å². The summed E-state index contributed by atoms with van der Waals surface area (Å²) in [6.45, 7) is 3.46. The molecule has 0 unspecified atom stereocenters. The van der Waals surface area contributed by atoms with Gasteiger partial charge in [-0.2, -0.15) is 0 Å². The Bertz CT molecular complexity index is 231. The van der Waals surface area contributed by atoms with Gasteiger partial charge in [0.25, 0.3) is 5.91 Å². The van der Waals surface area contributed by atoms with E-state index in [1.54, 1.807) is 0 Å². The number of hydrogen-bond donors (Lipinski definition) is 1. The molecule has 0 radical (unpaired) electrons. The van der Waals surface area contributed by atoms with E-state index < -0.39 is 0 Å². The molecule has 0 spiro atoms. The van der Waals surface area contributed by atoms with Crippen molar-refractivity contribution < 1.29 is 4.79 Å². The number of hydrogen-bond acceptors (Lipinski definition) is 2. The summed E-state index contributed by atoms with van der Waals surface area (Å²) in [5.41, 5.74) is 0.727. The van der Waals surface area contributed by atoms with Gasteiger partial charge in [0.05, 0.1) is 5.57 Å². The van der Waals surface area contributed by atoms with Crippen molar-refractivity contribution in [3.63, 3.8) is 0 Å². The first kappa shape index (κ1) is 8.84. The molecule has 0 aromatic carbocycles. The lowest BCUT2D eigenvalue weighted by molar-refractivity contribution is -0.117. The van der Waals surface area contributed by atoms with E-state index in [1.165, 1.54) is 0 Å². The number of carbonyl (C=O) groups is 1. The molecule has 0 aliphatic carbocycles. The second-order valence-electron chi connectivity index (χ2n) is 2.79. The van der Waals surface area contributed by atoms with Crippen molar-refractivity contribution in [1.29, 1.82) is 0 Å². The molecule has 0 saturated heterocycles. The van der Waals surface area contributed by atoms with Gasteiger partial charge in [-0.3, -0.25) is 4.79 Å². The number of nitrogens with zero attached hydrogens (tertiary/aromatic N) is 1. The molecule has 0 aromatic heterocycles. The van der Waals surface area contributed by atoms with E-state index in [-0.39, 0.29) is 5.91 Å². The predicted octanol–water partition coefficient (Wildman–Crippen LogP) is 0.508. The third-order valence-corrected chi connectivity index (χ3v) is 1.65. The van der Waals surface area contributed by atoms with Gasteiger partial charge in [-0.1, -0.05) is 12.2 Å². The van der Waals surface area contributed by atoms with Crippen LogP contribution in [0.2, 0.25) is 0 Å². The van der Waals surface area contributed by atoms with Gasteiger partial charge in [0, 0.05) is 26.3 Å². The van der Waals surface area contributed by atoms with Crippen molar-refractivity contribution in [2.75, 3.05) is 20.1 Å². The van der Waals surface area contributed by atoms with Gasteiger partial charge in [-0.25, -0.2) is 0 Å². The van der Waals surface area contributed by atoms with Gasteiger partial charge >= 0.3 is 0 Å². The lowest BCUT2D eigenvalue weighted by Crippen LogP contribution is -2.27. The van der Waals surface area contributed by atoms with Crippen LogP contribution in [0.3, 0.4) is 0 Å². The average Bonchev–Trinajstić information content (AvgIpc) is 2.05. The second-order valence-corrected chi connectivity index (χ2v) is 2.79. The summed E-state index contributed by atoms with van der Waals surface area (Å²) in [5, 5.41) is 2.75. The smallest absolute Gasteiger partial charge is 0.252 e. The van der Waals surface area contributed by atoms with E-state index in [0.29, 0.717) is 6.54 Å². The van der Waals surface area contributed by atoms with Gasteiger partial charge in [0.15, 0.2) is 0 Å². The van der Waals surface area contributed by atoms with Crippen LogP contribution in [0.4, 0.5) is 0 Å². The summed E-state index contributed by atoms with van der Waals surface area (Å²) in [6, 6.07) is 0. The van der Waals surface area contributed by atoms with Crippen LogP contribution in [0, 0.1) is 0 Å². The fraction of sp³-hybridized carbons (Fsp3) is 0.444. The number of rotatable bonds is 2. The summed E-state index contributed by atoms with van der Waals surface area (Å²) < 4.78 is 0. The Labute approximate surface area is 72.7 Å². The molecule has 1 N–H and O–H groups in total. The topological polar surface area (TPSA) is 32.3 Å². The zero-order chi connectivity index (χ0) is 8.97. The molecule has 1 aliphatic rings. The van der Waals surface area contributed by atoms with Crippen LogP contribution in [0.5, 0.6) is 0 Å². The van der Waals surface area contributed by atoms with Crippen molar-refractivity contribution in [2.24, 2.45) is 0 Å². The van der Waals surface area contributed by atoms with Crippen molar-refractivity contribution in [2.45, 2.75) is 6.92 Å². The van der Waals surface area contributed by atoms with Gasteiger partial charge in [-0.05, 0) is 6.92 Å². The molecule has 3 heteroatoms. The maximum Gasteiger partial charge on any atom is 0.252 e. The predicted molar refractivity (Wildman–Crippen MR) is 48.5 cm³/mol. The van der Waals surface area contributed by atoms with Crippen molar-refractivity contribution in [1.82, 2.24) is 10.2 Å². The average molecular weight is 166 g/mol. The van der Waals surface area contributed by atoms with E-state index in [1.807, 2.05) is 37.2 Å². The Morgan fingerprint density at radius 3 is 3.08 bits per heavy atom. The minimum atomic E-state index is 0.000278. The van der Waals surface area contributed by atoms with Crippen LogP contribution in [0.1, 0.15) is 6.92 Å². The fourth-order valence-corrected chi connectivity index (χ4v) is 1.08. The molecule has 66 valence electrons. The Morgan fingerprint density at radius 2 is 2.50 bits per heavy atom. The summed E-state index contributed by atoms with van der Waals surface area (Å²) in [6.07, 6.45) is 5.68. The first-order valence-corrected chi connectivity index (χ1v) is 4.11. The Hall–Kier alpha value is -1.25. The maximum atomic E-state index is 11.3. The summed E-state index contributed by atoms with van der Waals surface area (Å²) in [4.78, 5) is 13.3. The second kappa shape index (κ2) is 3.95. The quantitative estimate of drug-likeness (QED) is 0.648. The van der Waals surface area contributed by atoms with Gasteiger partial charge in [0.2, 0.25) is 0 Å². The molecular weight excluding hydrogens is 152 g/mol. The van der Waals surface area contributed by atoms with Crippen molar-refractivity contribution in [3.05, 3.63) is 23.9 Å². The minimum absolute atomic E-state index is 0.000278. The van der Waals surface area contributed by atoms with Gasteiger partial charge in [0.1, 0.15) is 0 Å². The van der Waals surface area contributed by atoms with Crippen molar-refractivity contribution >= 4 is 5.91 Å². The molecular formula is C9H14N2O. The zero-order valence-electron chi connectivity index (χ0n) is 7.50. The molecule has 0 aromatic rings. The first-order chi connectivity index (χ1) is 5.74. The van der Waals surface area contributed by atoms with E-state index in [0.717, 1.165) is 12.1 Å². The molecule has 0 saturated carbocycles. The lowest BCUT2D eigenvalue weighted by atomic mass is 10.2. The molecule has 0 fully saturated rings. The van der Waals surface area contributed by atoms with Crippen LogP contribution < -0.4 is 5.32 Å². The molecule has 0 bridgehead atoms. The van der Waals surface area contributed by atoms with E-state index in [4.69, 9.17) is 0 Å². The summed E-state index contributed by atoms with van der Waals surface area (Å²) >= 11 is 0. The number of amides is 1. The molecule has 1 amide bonds. The number of likely N-dealkylation sites (N-methyl/N-ethyl adjacent to an activating group) is 2. The highest BCUT2D eigenvalue weighted by Crippen LogP contribution is 2.04. The van der Waals surface area contributed by atoms with Crippen LogP contribution in [0.25, 0.3) is 0 Å². The highest BCUT2D eigenvalue weighted by atomic mass is 16.1. The molecule has 3 nitrogen and oxygen atoms in total. The maximum absolute atomic E-state index is 11.3. The summed E-state index contributed by atoms with van der Waals surface area (Å²) in [5.74, 6) is 0.000278. The highest BCUT2D eigenvalue weighted by molar-refractivity contribution is 5.96. The lowest BCUT2D eigenvalue weighted by Gasteiger charge is -2.16. The van der Waals surface area contributed by atoms with Crippen molar-refractivity contribution in [3.8, 4) is 0 Å². The summed E-state index contributed by atoms with van der Waals surface area (Å²) in [7, 11) is 1.95. The SMILES string of the molecule is CCNC(=O)C1=CN(C)CC=C1. The third kappa shape index (κ3) is 2.12. The van der Waals surface area contributed by atoms with E-state index in [9.17, 15) is 4.79 Å². The molecule has 1 rings (SSSR count). The number of nitrogens with one attached hydrogen (secondary N) is 1. The van der Waals surface area contributed by atoms with Gasteiger partial charge < -0.3 is 10.2 Å². The normalized spacial score (nSPS) is 15.8.